The number of hydrogen-bond donors (Lipinski definition) is 1. The van der Waals surface area contributed by atoms with Gasteiger partial charge in [0.05, 0.1) is 9.77 Å². The van der Waals surface area contributed by atoms with Gasteiger partial charge in [-0.2, -0.15) is 4.57 Å². The quantitative estimate of drug-likeness (QED) is 0.451. The van der Waals surface area contributed by atoms with Crippen molar-refractivity contribution < 1.29 is 22.6 Å². The van der Waals surface area contributed by atoms with Crippen LogP contribution in [0.5, 0.6) is 0 Å². The fourth-order valence-electron chi connectivity index (χ4n) is 2.25. The molecule has 0 atom stereocenters. The highest BCUT2D eigenvalue weighted by atomic mass is 32.2. The van der Waals surface area contributed by atoms with Crippen LogP contribution in [0, 0.1) is 13.8 Å². The summed E-state index contributed by atoms with van der Waals surface area (Å²) >= 11 is 1.76. The van der Waals surface area contributed by atoms with E-state index in [9.17, 15) is 13.0 Å². The molecule has 25 heavy (non-hydrogen) atoms. The van der Waals surface area contributed by atoms with Crippen LogP contribution in [0.4, 0.5) is 0 Å². The van der Waals surface area contributed by atoms with Gasteiger partial charge in [0.15, 0.2) is 5.69 Å². The summed E-state index contributed by atoms with van der Waals surface area (Å²) in [6.45, 7) is 7.58. The molecule has 7 heteroatoms. The van der Waals surface area contributed by atoms with Crippen molar-refractivity contribution in [2.75, 3.05) is 6.61 Å². The van der Waals surface area contributed by atoms with Crippen molar-refractivity contribution in [1.29, 1.82) is 0 Å². The third-order valence-electron chi connectivity index (χ3n) is 3.81. The lowest BCUT2D eigenvalue weighted by Crippen LogP contribution is -2.34. The summed E-state index contributed by atoms with van der Waals surface area (Å²) in [6, 6.07) is 5.78. The van der Waals surface area contributed by atoms with Crippen LogP contribution in [-0.4, -0.2) is 24.7 Å². The minimum absolute atomic E-state index is 0.178. The van der Waals surface area contributed by atoms with Gasteiger partial charge in [0.1, 0.15) is 16.7 Å². The second kappa shape index (κ2) is 10.7. The fourth-order valence-corrected chi connectivity index (χ4v) is 3.73. The van der Waals surface area contributed by atoms with Crippen LogP contribution < -0.4 is 4.57 Å². The standard InChI is InChI=1S/C11H20NOS.C7H8O3S/c1-3-4-5-7-12-9-14-11(6-8-13)10(12)2;1-6-2-4-7(5-3-6)11(8,9)10/h9,13H,3-8H2,1-2H3;2-5H,1H3,(H,8,9,10)/q+1;/p-1. The van der Waals surface area contributed by atoms with Crippen LogP contribution >= 0.6 is 11.3 Å². The van der Waals surface area contributed by atoms with Gasteiger partial charge in [0.2, 0.25) is 5.51 Å². The molecule has 0 bridgehead atoms. The fraction of sp³-hybridized carbons (Fsp3) is 0.500. The number of thiazole rings is 1. The molecule has 1 N–H and O–H groups in total. The molecule has 1 aromatic carbocycles. The third-order valence-corrected chi connectivity index (χ3v) is 5.80. The summed E-state index contributed by atoms with van der Waals surface area (Å²) < 4.78 is 33.5. The van der Waals surface area contributed by atoms with Gasteiger partial charge in [-0.05, 0) is 25.5 Å². The second-order valence-corrected chi connectivity index (χ2v) is 8.19. The predicted molar refractivity (Wildman–Crippen MR) is 98.7 cm³/mol. The van der Waals surface area contributed by atoms with E-state index >= 15 is 0 Å². The summed E-state index contributed by atoms with van der Waals surface area (Å²) in [5.74, 6) is 0. The van der Waals surface area contributed by atoms with E-state index in [1.165, 1.54) is 42.0 Å². The molecule has 0 unspecified atom stereocenters. The Morgan fingerprint density at radius 2 is 1.80 bits per heavy atom. The Morgan fingerprint density at radius 1 is 1.16 bits per heavy atom. The largest absolute Gasteiger partial charge is 0.744 e. The zero-order valence-corrected chi connectivity index (χ0v) is 16.7. The Labute approximate surface area is 154 Å². The molecule has 2 aromatic rings. The maximum atomic E-state index is 10.4. The van der Waals surface area contributed by atoms with Gasteiger partial charge in [-0.1, -0.05) is 42.4 Å². The van der Waals surface area contributed by atoms with Gasteiger partial charge < -0.3 is 9.66 Å². The zero-order valence-electron chi connectivity index (χ0n) is 15.1. The van der Waals surface area contributed by atoms with E-state index in [1.54, 1.807) is 23.5 Å². The Bertz CT molecular complexity index is 737. The van der Waals surface area contributed by atoms with Crippen molar-refractivity contribution >= 4 is 21.5 Å². The van der Waals surface area contributed by atoms with Gasteiger partial charge >= 0.3 is 0 Å². The summed E-state index contributed by atoms with van der Waals surface area (Å²) in [5, 5.41) is 8.86. The molecule has 0 radical (unpaired) electrons. The molecule has 0 spiro atoms. The molecular weight excluding hydrogens is 358 g/mol. The smallest absolute Gasteiger partial charge is 0.225 e. The molecule has 0 aliphatic carbocycles. The minimum atomic E-state index is -4.27. The second-order valence-electron chi connectivity index (χ2n) is 5.87. The topological polar surface area (TPSA) is 81.3 Å². The summed E-state index contributed by atoms with van der Waals surface area (Å²) in [6.07, 6.45) is 4.64. The van der Waals surface area contributed by atoms with Crippen LogP contribution in [0.15, 0.2) is 34.7 Å². The maximum absolute atomic E-state index is 10.4. The molecule has 0 aliphatic rings. The lowest BCUT2D eigenvalue weighted by atomic mass is 10.2. The van der Waals surface area contributed by atoms with Gasteiger partial charge in [-0.3, -0.25) is 0 Å². The number of hydrogen-bond acceptors (Lipinski definition) is 5. The van der Waals surface area contributed by atoms with Crippen molar-refractivity contribution in [3.05, 3.63) is 45.9 Å². The summed E-state index contributed by atoms with van der Waals surface area (Å²) in [4.78, 5) is 1.15. The average molecular weight is 386 g/mol. The van der Waals surface area contributed by atoms with E-state index < -0.39 is 10.1 Å². The first-order chi connectivity index (χ1) is 11.8. The number of aryl methyl sites for hydroxylation is 2. The van der Waals surface area contributed by atoms with E-state index in [4.69, 9.17) is 5.11 Å². The molecule has 0 saturated carbocycles. The van der Waals surface area contributed by atoms with E-state index in [-0.39, 0.29) is 11.5 Å². The number of benzene rings is 1. The average Bonchev–Trinajstić information content (AvgIpc) is 2.89. The van der Waals surface area contributed by atoms with E-state index in [0.29, 0.717) is 0 Å². The van der Waals surface area contributed by atoms with Crippen LogP contribution in [0.2, 0.25) is 0 Å². The first-order valence-electron chi connectivity index (χ1n) is 8.39. The molecule has 0 aliphatic heterocycles. The molecular formula is C18H27NO4S2. The van der Waals surface area contributed by atoms with Crippen molar-refractivity contribution in [1.82, 2.24) is 0 Å². The van der Waals surface area contributed by atoms with Crippen LogP contribution in [-0.2, 0) is 23.1 Å². The van der Waals surface area contributed by atoms with E-state index in [1.807, 2.05) is 6.92 Å². The first-order valence-corrected chi connectivity index (χ1v) is 10.7. The monoisotopic (exact) mass is 385 g/mol. The van der Waals surface area contributed by atoms with Gasteiger partial charge in [-0.25, -0.2) is 8.42 Å². The van der Waals surface area contributed by atoms with Gasteiger partial charge in [-0.15, -0.1) is 0 Å². The van der Waals surface area contributed by atoms with Crippen LogP contribution in [0.3, 0.4) is 0 Å². The Morgan fingerprint density at radius 3 is 2.32 bits per heavy atom. The number of nitrogens with zero attached hydrogens (tertiary/aromatic N) is 1. The lowest BCUT2D eigenvalue weighted by molar-refractivity contribution is -0.698. The van der Waals surface area contributed by atoms with Crippen LogP contribution in [0.25, 0.3) is 0 Å². The Hall–Kier alpha value is -1.28. The number of aliphatic hydroxyl groups excluding tert-OH is 1. The molecule has 0 saturated heterocycles. The SMILES string of the molecule is CCCCC[n+]1csc(CCO)c1C.Cc1ccc(S(=O)(=O)[O-])cc1. The molecule has 1 aromatic heterocycles. The van der Waals surface area contributed by atoms with Crippen molar-refractivity contribution in [3.8, 4) is 0 Å². The molecule has 0 fully saturated rings. The molecule has 140 valence electrons. The minimum Gasteiger partial charge on any atom is -0.744 e. The van der Waals surface area contributed by atoms with Crippen LogP contribution in [0.1, 0.15) is 42.3 Å². The van der Waals surface area contributed by atoms with Crippen molar-refractivity contribution in [3.63, 3.8) is 0 Å². The van der Waals surface area contributed by atoms with Crippen molar-refractivity contribution in [2.24, 2.45) is 0 Å². The maximum Gasteiger partial charge on any atom is 0.225 e. The van der Waals surface area contributed by atoms with Gasteiger partial charge in [0.25, 0.3) is 0 Å². The van der Waals surface area contributed by atoms with E-state index in [2.05, 4.69) is 23.9 Å². The lowest BCUT2D eigenvalue weighted by Gasteiger charge is -2.05. The predicted octanol–water partition coefficient (Wildman–Crippen LogP) is 2.97. The molecule has 2 rings (SSSR count). The zero-order chi connectivity index (χ0) is 18.9. The van der Waals surface area contributed by atoms with Crippen molar-refractivity contribution in [2.45, 2.75) is 57.9 Å². The number of rotatable bonds is 7. The first kappa shape index (κ1) is 21.8. The molecule has 5 nitrogen and oxygen atoms in total. The van der Waals surface area contributed by atoms with Gasteiger partial charge in [0, 0.05) is 26.4 Å². The number of aromatic nitrogens is 1. The summed E-state index contributed by atoms with van der Waals surface area (Å²) in [5.41, 5.74) is 4.44. The molecule has 1 heterocycles. The van der Waals surface area contributed by atoms with E-state index in [0.717, 1.165) is 18.5 Å². The highest BCUT2D eigenvalue weighted by Crippen LogP contribution is 2.11. The Balaban J connectivity index is 0.000000257. The summed E-state index contributed by atoms with van der Waals surface area (Å²) in [7, 11) is -4.27. The number of unbranched alkanes of at least 4 members (excludes halogenated alkanes) is 2. The third kappa shape index (κ3) is 7.64. The highest BCUT2D eigenvalue weighted by Gasteiger charge is 2.13. The number of aliphatic hydroxyl groups is 1. The normalized spacial score (nSPS) is 11.1. The Kier molecular flexibility index (Phi) is 9.27. The molecule has 0 amide bonds. The highest BCUT2D eigenvalue weighted by molar-refractivity contribution is 7.85.